The van der Waals surface area contributed by atoms with E-state index >= 15 is 0 Å². The monoisotopic (exact) mass is 394 g/mol. The van der Waals surface area contributed by atoms with Crippen molar-refractivity contribution in [2.45, 2.75) is 6.04 Å². The predicted molar refractivity (Wildman–Crippen MR) is 91.2 cm³/mol. The molecule has 1 N–H and O–H groups in total. The molecule has 2 aromatic rings. The molecule has 1 aliphatic rings. The molecule has 4 heteroatoms. The molecule has 0 spiro atoms. The normalized spacial score (nSPS) is 19.1. The number of hydrogen-bond donors (Lipinski definition) is 1. The van der Waals surface area contributed by atoms with Gasteiger partial charge in [-0.2, -0.15) is 0 Å². The number of rotatable bonds is 2. The van der Waals surface area contributed by atoms with E-state index in [2.05, 4.69) is 90.6 Å². The summed E-state index contributed by atoms with van der Waals surface area (Å²) >= 11 is 7.36. The Hall–Kier alpha value is -0.840. The van der Waals surface area contributed by atoms with Crippen LogP contribution in [0.4, 0.5) is 5.69 Å². The fourth-order valence-electron chi connectivity index (χ4n) is 2.70. The Morgan fingerprint density at radius 1 is 0.950 bits per heavy atom. The Balaban J connectivity index is 2.00. The third kappa shape index (κ3) is 2.78. The van der Waals surface area contributed by atoms with Gasteiger partial charge in [-0.3, -0.25) is 0 Å². The molecule has 0 amide bonds. The lowest BCUT2D eigenvalue weighted by molar-refractivity contribution is 0.488. The SMILES string of the molecule is Brc1ccccc1C1CNCCN1c1ccccc1Br. The number of piperazine rings is 1. The molecule has 2 nitrogen and oxygen atoms in total. The first-order chi connectivity index (χ1) is 9.77. The van der Waals surface area contributed by atoms with Gasteiger partial charge >= 0.3 is 0 Å². The summed E-state index contributed by atoms with van der Waals surface area (Å²) in [6, 6.07) is 17.3. The van der Waals surface area contributed by atoms with Crippen molar-refractivity contribution < 1.29 is 0 Å². The Morgan fingerprint density at radius 2 is 1.65 bits per heavy atom. The van der Waals surface area contributed by atoms with E-state index in [0.717, 1.165) is 24.1 Å². The van der Waals surface area contributed by atoms with Crippen molar-refractivity contribution in [3.8, 4) is 0 Å². The molecule has 20 heavy (non-hydrogen) atoms. The zero-order valence-electron chi connectivity index (χ0n) is 11.0. The minimum atomic E-state index is 0.345. The van der Waals surface area contributed by atoms with E-state index in [0.29, 0.717) is 6.04 Å². The molecule has 1 aliphatic heterocycles. The lowest BCUT2D eigenvalue weighted by atomic mass is 10.0. The maximum atomic E-state index is 3.68. The van der Waals surface area contributed by atoms with Crippen molar-refractivity contribution in [1.29, 1.82) is 0 Å². The van der Waals surface area contributed by atoms with Crippen LogP contribution in [0.1, 0.15) is 11.6 Å². The lowest BCUT2D eigenvalue weighted by Crippen LogP contribution is -2.46. The third-order valence-corrected chi connectivity index (χ3v) is 5.06. The second-order valence-corrected chi connectivity index (χ2v) is 6.59. The average Bonchev–Trinajstić information content (AvgIpc) is 2.48. The maximum Gasteiger partial charge on any atom is 0.0678 e. The molecule has 0 radical (unpaired) electrons. The first-order valence-corrected chi connectivity index (χ1v) is 8.32. The van der Waals surface area contributed by atoms with Gasteiger partial charge in [0.25, 0.3) is 0 Å². The minimum absolute atomic E-state index is 0.345. The van der Waals surface area contributed by atoms with Gasteiger partial charge in [-0.15, -0.1) is 0 Å². The van der Waals surface area contributed by atoms with E-state index in [1.807, 2.05) is 0 Å². The Bertz CT molecular complexity index is 547. The summed E-state index contributed by atoms with van der Waals surface area (Å²) in [5.74, 6) is 0. The van der Waals surface area contributed by atoms with Crippen LogP contribution in [0.25, 0.3) is 0 Å². The molecule has 0 aliphatic carbocycles. The molecule has 1 unspecified atom stereocenters. The molecular formula is C16H16Br2N2. The quantitative estimate of drug-likeness (QED) is 0.812. The molecule has 3 rings (SSSR count). The van der Waals surface area contributed by atoms with E-state index in [-0.39, 0.29) is 0 Å². The van der Waals surface area contributed by atoms with Crippen LogP contribution in [0.15, 0.2) is 57.5 Å². The molecule has 1 heterocycles. The van der Waals surface area contributed by atoms with Crippen molar-refractivity contribution in [2.75, 3.05) is 24.5 Å². The number of nitrogens with one attached hydrogen (secondary N) is 1. The third-order valence-electron chi connectivity index (χ3n) is 3.67. The highest BCUT2D eigenvalue weighted by molar-refractivity contribution is 9.11. The summed E-state index contributed by atoms with van der Waals surface area (Å²) in [4.78, 5) is 2.47. The van der Waals surface area contributed by atoms with Gasteiger partial charge in [0, 0.05) is 28.6 Å². The molecule has 0 bridgehead atoms. The smallest absolute Gasteiger partial charge is 0.0678 e. The molecule has 1 saturated heterocycles. The fourth-order valence-corrected chi connectivity index (χ4v) is 3.76. The van der Waals surface area contributed by atoms with Crippen LogP contribution in [0.3, 0.4) is 0 Å². The van der Waals surface area contributed by atoms with E-state index in [1.165, 1.54) is 15.7 Å². The number of para-hydroxylation sites is 1. The van der Waals surface area contributed by atoms with Crippen LogP contribution in [-0.2, 0) is 0 Å². The average molecular weight is 396 g/mol. The van der Waals surface area contributed by atoms with Crippen molar-refractivity contribution in [2.24, 2.45) is 0 Å². The first-order valence-electron chi connectivity index (χ1n) is 6.73. The second-order valence-electron chi connectivity index (χ2n) is 4.89. The summed E-state index contributed by atoms with van der Waals surface area (Å²) in [5.41, 5.74) is 2.59. The van der Waals surface area contributed by atoms with Gasteiger partial charge in [0.05, 0.1) is 11.7 Å². The maximum absolute atomic E-state index is 3.68. The summed E-state index contributed by atoms with van der Waals surface area (Å²) in [6.07, 6.45) is 0. The van der Waals surface area contributed by atoms with Crippen LogP contribution in [-0.4, -0.2) is 19.6 Å². The van der Waals surface area contributed by atoms with E-state index < -0.39 is 0 Å². The van der Waals surface area contributed by atoms with Gasteiger partial charge in [-0.25, -0.2) is 0 Å². The second kappa shape index (κ2) is 6.29. The van der Waals surface area contributed by atoms with Gasteiger partial charge in [0.1, 0.15) is 0 Å². The molecule has 1 atom stereocenters. The van der Waals surface area contributed by atoms with E-state index in [4.69, 9.17) is 0 Å². The Morgan fingerprint density at radius 3 is 2.40 bits per heavy atom. The minimum Gasteiger partial charge on any atom is -0.361 e. The van der Waals surface area contributed by atoms with Crippen LogP contribution < -0.4 is 10.2 Å². The zero-order valence-corrected chi connectivity index (χ0v) is 14.2. The van der Waals surface area contributed by atoms with Gasteiger partial charge in [-0.1, -0.05) is 46.3 Å². The highest BCUT2D eigenvalue weighted by Crippen LogP contribution is 2.35. The highest BCUT2D eigenvalue weighted by Gasteiger charge is 2.26. The van der Waals surface area contributed by atoms with E-state index in [9.17, 15) is 0 Å². The summed E-state index contributed by atoms with van der Waals surface area (Å²) in [6.45, 7) is 2.99. The lowest BCUT2D eigenvalue weighted by Gasteiger charge is -2.39. The zero-order chi connectivity index (χ0) is 13.9. The topological polar surface area (TPSA) is 15.3 Å². The number of benzene rings is 2. The summed E-state index contributed by atoms with van der Waals surface area (Å²) in [5, 5.41) is 3.50. The number of anilines is 1. The number of hydrogen-bond acceptors (Lipinski definition) is 2. The van der Waals surface area contributed by atoms with E-state index in [1.54, 1.807) is 0 Å². The van der Waals surface area contributed by atoms with Crippen molar-refractivity contribution in [3.05, 3.63) is 63.0 Å². The summed E-state index contributed by atoms with van der Waals surface area (Å²) < 4.78 is 2.32. The predicted octanol–water partition coefficient (Wildman–Crippen LogP) is 4.36. The standard InChI is InChI=1S/C16H16Br2N2/c17-13-6-2-1-5-12(13)16-11-19-9-10-20(16)15-8-4-3-7-14(15)18/h1-8,16,19H,9-11H2. The fraction of sp³-hybridized carbons (Fsp3) is 0.250. The van der Waals surface area contributed by atoms with Crippen LogP contribution >= 0.6 is 31.9 Å². The molecule has 1 fully saturated rings. The number of halogens is 2. The van der Waals surface area contributed by atoms with Gasteiger partial charge in [0.2, 0.25) is 0 Å². The molecular weight excluding hydrogens is 380 g/mol. The highest BCUT2D eigenvalue weighted by atomic mass is 79.9. The largest absolute Gasteiger partial charge is 0.361 e. The first kappa shape index (κ1) is 14.1. The van der Waals surface area contributed by atoms with Gasteiger partial charge in [-0.05, 0) is 39.7 Å². The number of nitrogens with zero attached hydrogens (tertiary/aromatic N) is 1. The Labute approximate surface area is 136 Å². The Kier molecular flexibility index (Phi) is 4.44. The molecule has 0 saturated carbocycles. The molecule has 104 valence electrons. The molecule has 2 aromatic carbocycles. The van der Waals surface area contributed by atoms with Gasteiger partial charge in [0.15, 0.2) is 0 Å². The van der Waals surface area contributed by atoms with Crippen molar-refractivity contribution in [3.63, 3.8) is 0 Å². The molecule has 0 aromatic heterocycles. The van der Waals surface area contributed by atoms with Crippen molar-refractivity contribution in [1.82, 2.24) is 5.32 Å². The van der Waals surface area contributed by atoms with Crippen LogP contribution in [0.2, 0.25) is 0 Å². The van der Waals surface area contributed by atoms with Crippen LogP contribution in [0, 0.1) is 0 Å². The summed E-state index contributed by atoms with van der Waals surface area (Å²) in [7, 11) is 0. The van der Waals surface area contributed by atoms with Crippen molar-refractivity contribution >= 4 is 37.5 Å². The van der Waals surface area contributed by atoms with Crippen LogP contribution in [0.5, 0.6) is 0 Å². The van der Waals surface area contributed by atoms with Gasteiger partial charge < -0.3 is 10.2 Å².